The Hall–Kier alpha value is -0.580. The molecule has 0 amide bonds. The lowest BCUT2D eigenvalue weighted by molar-refractivity contribution is 0.0533. The molecule has 19 heavy (non-hydrogen) atoms. The topological polar surface area (TPSA) is 47.3 Å². The number of rotatable bonds is 6. The fourth-order valence-corrected chi connectivity index (χ4v) is 3.00. The summed E-state index contributed by atoms with van der Waals surface area (Å²) in [6.45, 7) is 5.69. The molecule has 0 aliphatic carbocycles. The zero-order chi connectivity index (χ0) is 13.8. The monoisotopic (exact) mass is 286 g/mol. The van der Waals surface area contributed by atoms with Crippen LogP contribution in [0.25, 0.3) is 0 Å². The zero-order valence-corrected chi connectivity index (χ0v) is 12.5. The van der Waals surface area contributed by atoms with Crippen LogP contribution in [0, 0.1) is 0 Å². The SMILES string of the molecule is CCc1nn(CC)c(CC(O)CC2CCCO2)c1Cl. The van der Waals surface area contributed by atoms with Crippen LogP contribution in [0.5, 0.6) is 0 Å². The van der Waals surface area contributed by atoms with Gasteiger partial charge in [0.1, 0.15) is 0 Å². The van der Waals surface area contributed by atoms with Gasteiger partial charge in [-0.15, -0.1) is 0 Å². The maximum atomic E-state index is 10.2. The molecule has 1 aliphatic heterocycles. The van der Waals surface area contributed by atoms with Gasteiger partial charge in [-0.2, -0.15) is 5.10 Å². The van der Waals surface area contributed by atoms with Crippen molar-refractivity contribution in [1.29, 1.82) is 0 Å². The summed E-state index contributed by atoms with van der Waals surface area (Å²) < 4.78 is 7.46. The van der Waals surface area contributed by atoms with E-state index < -0.39 is 6.10 Å². The fraction of sp³-hybridized carbons (Fsp3) is 0.786. The Bertz CT molecular complexity index is 414. The van der Waals surface area contributed by atoms with E-state index in [0.29, 0.717) is 12.8 Å². The van der Waals surface area contributed by atoms with Crippen molar-refractivity contribution in [3.63, 3.8) is 0 Å². The number of aliphatic hydroxyl groups excluding tert-OH is 1. The second-order valence-electron chi connectivity index (χ2n) is 5.11. The summed E-state index contributed by atoms with van der Waals surface area (Å²) in [4.78, 5) is 0. The van der Waals surface area contributed by atoms with Gasteiger partial charge in [0.25, 0.3) is 0 Å². The van der Waals surface area contributed by atoms with E-state index in [1.807, 2.05) is 18.5 Å². The molecule has 1 aromatic rings. The van der Waals surface area contributed by atoms with Crippen LogP contribution in [0.4, 0.5) is 0 Å². The van der Waals surface area contributed by atoms with Crippen LogP contribution >= 0.6 is 11.6 Å². The van der Waals surface area contributed by atoms with E-state index >= 15 is 0 Å². The Kier molecular flexibility index (Phi) is 5.25. The minimum absolute atomic E-state index is 0.206. The second kappa shape index (κ2) is 6.73. The number of halogens is 1. The Morgan fingerprint density at radius 2 is 2.32 bits per heavy atom. The van der Waals surface area contributed by atoms with E-state index in [-0.39, 0.29) is 6.10 Å². The Labute approximate surface area is 119 Å². The van der Waals surface area contributed by atoms with Gasteiger partial charge in [-0.25, -0.2) is 0 Å². The summed E-state index contributed by atoms with van der Waals surface area (Å²) in [6.07, 6.45) is 4.01. The summed E-state index contributed by atoms with van der Waals surface area (Å²) >= 11 is 6.34. The zero-order valence-electron chi connectivity index (χ0n) is 11.7. The van der Waals surface area contributed by atoms with E-state index in [9.17, 15) is 5.11 Å². The summed E-state index contributed by atoms with van der Waals surface area (Å²) in [5.74, 6) is 0. The van der Waals surface area contributed by atoms with Crippen LogP contribution in [-0.4, -0.2) is 33.7 Å². The van der Waals surface area contributed by atoms with E-state index in [4.69, 9.17) is 16.3 Å². The van der Waals surface area contributed by atoms with Crippen molar-refractivity contribution in [2.24, 2.45) is 0 Å². The molecule has 108 valence electrons. The summed E-state index contributed by atoms with van der Waals surface area (Å²) in [5, 5.41) is 15.4. The molecular weight excluding hydrogens is 264 g/mol. The first kappa shape index (κ1) is 14.8. The van der Waals surface area contributed by atoms with Crippen molar-refractivity contribution >= 4 is 11.6 Å². The van der Waals surface area contributed by atoms with Crippen LogP contribution in [0.1, 0.15) is 44.5 Å². The number of aliphatic hydroxyl groups is 1. The number of hydrogen-bond donors (Lipinski definition) is 1. The van der Waals surface area contributed by atoms with Gasteiger partial charge in [-0.05, 0) is 32.6 Å². The summed E-state index contributed by atoms with van der Waals surface area (Å²) in [5.41, 5.74) is 1.87. The molecule has 0 spiro atoms. The number of aryl methyl sites for hydroxylation is 2. The van der Waals surface area contributed by atoms with E-state index in [2.05, 4.69) is 5.10 Å². The molecule has 2 heterocycles. The lowest BCUT2D eigenvalue weighted by Crippen LogP contribution is -2.21. The lowest BCUT2D eigenvalue weighted by Gasteiger charge is -2.16. The summed E-state index contributed by atoms with van der Waals surface area (Å²) in [7, 11) is 0. The molecule has 1 aromatic heterocycles. The highest BCUT2D eigenvalue weighted by molar-refractivity contribution is 6.31. The minimum atomic E-state index is -0.410. The lowest BCUT2D eigenvalue weighted by atomic mass is 10.0. The molecule has 2 rings (SSSR count). The van der Waals surface area contributed by atoms with Crippen LogP contribution in [0.15, 0.2) is 0 Å². The molecule has 0 bridgehead atoms. The van der Waals surface area contributed by atoms with Crippen molar-refractivity contribution in [3.05, 3.63) is 16.4 Å². The van der Waals surface area contributed by atoms with E-state index in [1.54, 1.807) is 0 Å². The van der Waals surface area contributed by atoms with Crippen LogP contribution in [0.3, 0.4) is 0 Å². The number of ether oxygens (including phenoxy) is 1. The molecule has 1 saturated heterocycles. The Morgan fingerprint density at radius 1 is 1.53 bits per heavy atom. The molecule has 0 radical (unpaired) electrons. The van der Waals surface area contributed by atoms with Crippen molar-refractivity contribution in [3.8, 4) is 0 Å². The second-order valence-corrected chi connectivity index (χ2v) is 5.48. The first-order valence-electron chi connectivity index (χ1n) is 7.19. The van der Waals surface area contributed by atoms with Gasteiger partial charge < -0.3 is 9.84 Å². The largest absolute Gasteiger partial charge is 0.393 e. The van der Waals surface area contributed by atoms with E-state index in [0.717, 1.165) is 48.8 Å². The van der Waals surface area contributed by atoms with Gasteiger partial charge >= 0.3 is 0 Å². The number of nitrogens with zero attached hydrogens (tertiary/aromatic N) is 2. The highest BCUT2D eigenvalue weighted by Crippen LogP contribution is 2.25. The smallest absolute Gasteiger partial charge is 0.0850 e. The third-order valence-corrected chi connectivity index (χ3v) is 4.12. The molecule has 5 heteroatoms. The van der Waals surface area contributed by atoms with Crippen LogP contribution < -0.4 is 0 Å². The fourth-order valence-electron chi connectivity index (χ4n) is 2.65. The van der Waals surface area contributed by atoms with Gasteiger partial charge in [0.2, 0.25) is 0 Å². The maximum Gasteiger partial charge on any atom is 0.0850 e. The van der Waals surface area contributed by atoms with Gasteiger partial charge in [0.05, 0.1) is 28.6 Å². The normalized spacial score (nSPS) is 20.9. The van der Waals surface area contributed by atoms with Crippen LogP contribution in [0.2, 0.25) is 5.02 Å². The first-order chi connectivity index (χ1) is 9.15. The maximum absolute atomic E-state index is 10.2. The highest BCUT2D eigenvalue weighted by Gasteiger charge is 2.22. The average Bonchev–Trinajstić information content (AvgIpc) is 2.99. The van der Waals surface area contributed by atoms with Crippen molar-refractivity contribution in [2.45, 2.75) is 64.7 Å². The van der Waals surface area contributed by atoms with Gasteiger partial charge in [0, 0.05) is 19.6 Å². The van der Waals surface area contributed by atoms with Gasteiger partial charge in [-0.3, -0.25) is 4.68 Å². The predicted octanol–water partition coefficient (Wildman–Crippen LogP) is 2.59. The molecule has 1 fully saturated rings. The number of aromatic nitrogens is 2. The number of hydrogen-bond acceptors (Lipinski definition) is 3. The summed E-state index contributed by atoms with van der Waals surface area (Å²) in [6, 6.07) is 0. The quantitative estimate of drug-likeness (QED) is 0.874. The highest BCUT2D eigenvalue weighted by atomic mass is 35.5. The van der Waals surface area contributed by atoms with Gasteiger partial charge in [-0.1, -0.05) is 18.5 Å². The Balaban J connectivity index is 2.02. The minimum Gasteiger partial charge on any atom is -0.393 e. The average molecular weight is 287 g/mol. The van der Waals surface area contributed by atoms with Crippen LogP contribution in [-0.2, 0) is 24.1 Å². The molecule has 1 aliphatic rings. The van der Waals surface area contributed by atoms with Crippen molar-refractivity contribution < 1.29 is 9.84 Å². The predicted molar refractivity (Wildman–Crippen MR) is 75.6 cm³/mol. The third kappa shape index (κ3) is 3.50. The molecule has 2 atom stereocenters. The molecule has 1 N–H and O–H groups in total. The molecule has 0 aromatic carbocycles. The van der Waals surface area contributed by atoms with Crippen molar-refractivity contribution in [2.75, 3.05) is 6.61 Å². The third-order valence-electron chi connectivity index (χ3n) is 3.68. The van der Waals surface area contributed by atoms with E-state index in [1.165, 1.54) is 0 Å². The van der Waals surface area contributed by atoms with Gasteiger partial charge in [0.15, 0.2) is 0 Å². The van der Waals surface area contributed by atoms with Crippen molar-refractivity contribution in [1.82, 2.24) is 9.78 Å². The molecule has 4 nitrogen and oxygen atoms in total. The first-order valence-corrected chi connectivity index (χ1v) is 7.57. The standard InChI is InChI=1S/C14H23ClN2O2/c1-3-12-14(15)13(17(4-2)16-12)9-10(18)8-11-6-5-7-19-11/h10-11,18H,3-9H2,1-2H3. The molecular formula is C14H23ClN2O2. The molecule has 2 unspecified atom stereocenters. The Morgan fingerprint density at radius 3 is 2.89 bits per heavy atom. The molecule has 0 saturated carbocycles.